The molecule has 0 unspecified atom stereocenters. The van der Waals surface area contributed by atoms with Gasteiger partial charge in [0.25, 0.3) is 0 Å². The Morgan fingerprint density at radius 3 is 1.33 bits per heavy atom. The molecule has 0 aliphatic carbocycles. The molecule has 0 radical (unpaired) electrons. The van der Waals surface area contributed by atoms with Gasteiger partial charge in [-0.3, -0.25) is 4.55 Å². The summed E-state index contributed by atoms with van der Waals surface area (Å²) in [4.78, 5) is 0. The summed E-state index contributed by atoms with van der Waals surface area (Å²) in [7, 11) is -5.84. The predicted molar refractivity (Wildman–Crippen MR) is 168 cm³/mol. The van der Waals surface area contributed by atoms with Crippen LogP contribution in [-0.4, -0.2) is 18.5 Å². The molecule has 1 aromatic rings. The largest absolute Gasteiger partial charge is 0.522 e. The van der Waals surface area contributed by atoms with Crippen molar-refractivity contribution in [1.29, 1.82) is 0 Å². The van der Waals surface area contributed by atoms with Crippen molar-refractivity contribution >= 4 is 32.7 Å². The Kier molecular flexibility index (Phi) is 24.1. The first-order valence-corrected chi connectivity index (χ1v) is 17.9. The highest BCUT2D eigenvalue weighted by molar-refractivity contribution is 14.1. The van der Waals surface area contributed by atoms with Crippen LogP contribution in [0.4, 0.5) is 13.2 Å². The molecular formula is C31H54F3IO3S. The van der Waals surface area contributed by atoms with Crippen LogP contribution in [0.1, 0.15) is 153 Å². The number of benzene rings is 1. The number of alkyl halides is 3. The third-order valence-corrected chi connectivity index (χ3v) is 8.68. The second kappa shape index (κ2) is 24.3. The van der Waals surface area contributed by atoms with E-state index in [1.165, 1.54) is 145 Å². The fourth-order valence-corrected chi connectivity index (χ4v) is 5.53. The molecule has 0 aliphatic rings. The Labute approximate surface area is 251 Å². The van der Waals surface area contributed by atoms with Gasteiger partial charge in [-0.2, -0.15) is 21.6 Å². The minimum Gasteiger partial charge on any atom is -0.279 e. The molecule has 1 rings (SSSR count). The van der Waals surface area contributed by atoms with Crippen LogP contribution < -0.4 is 0 Å². The standard InChI is InChI=1S/C30H53I.CHF3O3S/c1-3-5-7-9-11-13-15-17-19-21-24-28-25-23-27-30(31)29(28)26-22-20-18-16-14-12-10-8-6-4-2;2-1(3,4)8(5,6)7/h23,25,27H,3-22,24,26H2,1-2H3;(H,5,6,7). The number of rotatable bonds is 22. The van der Waals surface area contributed by atoms with Crippen molar-refractivity contribution in [2.24, 2.45) is 0 Å². The molecule has 8 heteroatoms. The van der Waals surface area contributed by atoms with Crippen LogP contribution in [0.25, 0.3) is 0 Å². The number of unbranched alkanes of at least 4 members (excludes halogenated alkanes) is 18. The highest BCUT2D eigenvalue weighted by Crippen LogP contribution is 2.23. The van der Waals surface area contributed by atoms with Gasteiger partial charge >= 0.3 is 15.6 Å². The molecule has 0 aromatic heterocycles. The smallest absolute Gasteiger partial charge is 0.279 e. The van der Waals surface area contributed by atoms with Crippen LogP contribution in [0, 0.1) is 3.57 Å². The van der Waals surface area contributed by atoms with Crippen molar-refractivity contribution in [1.82, 2.24) is 0 Å². The fourth-order valence-electron chi connectivity index (χ4n) is 4.71. The number of hydrogen-bond donors (Lipinski definition) is 1. The van der Waals surface area contributed by atoms with Crippen molar-refractivity contribution < 1.29 is 26.1 Å². The van der Waals surface area contributed by atoms with E-state index < -0.39 is 15.6 Å². The molecule has 0 saturated carbocycles. The van der Waals surface area contributed by atoms with Crippen LogP contribution >= 0.6 is 22.6 Å². The zero-order chi connectivity index (χ0) is 29.4. The quantitative estimate of drug-likeness (QED) is 0.0570. The summed E-state index contributed by atoms with van der Waals surface area (Å²) < 4.78 is 59.0. The summed E-state index contributed by atoms with van der Waals surface area (Å²) in [5.41, 5.74) is -2.23. The summed E-state index contributed by atoms with van der Waals surface area (Å²) in [5.74, 6) is 0. The number of aryl methyl sites for hydroxylation is 1. The van der Waals surface area contributed by atoms with E-state index in [2.05, 4.69) is 54.6 Å². The van der Waals surface area contributed by atoms with Crippen molar-refractivity contribution in [3.63, 3.8) is 0 Å². The topological polar surface area (TPSA) is 54.4 Å². The Morgan fingerprint density at radius 2 is 0.974 bits per heavy atom. The van der Waals surface area contributed by atoms with Gasteiger partial charge in [0.05, 0.1) is 0 Å². The third kappa shape index (κ3) is 22.0. The van der Waals surface area contributed by atoms with Crippen molar-refractivity contribution in [3.05, 3.63) is 32.9 Å². The summed E-state index contributed by atoms with van der Waals surface area (Å²) in [6.45, 7) is 4.60. The van der Waals surface area contributed by atoms with Crippen molar-refractivity contribution in [2.45, 2.75) is 161 Å². The summed E-state index contributed by atoms with van der Waals surface area (Å²) in [6.07, 6.45) is 31.2. The van der Waals surface area contributed by atoms with Crippen LogP contribution in [-0.2, 0) is 23.0 Å². The Bertz CT molecular complexity index is 814. The minimum absolute atomic E-state index is 1.29. The molecule has 0 heterocycles. The van der Waals surface area contributed by atoms with Crippen LogP contribution in [0.2, 0.25) is 0 Å². The molecule has 0 aliphatic heterocycles. The van der Waals surface area contributed by atoms with Gasteiger partial charge in [0.2, 0.25) is 0 Å². The van der Waals surface area contributed by atoms with Gasteiger partial charge in [0.15, 0.2) is 0 Å². The average Bonchev–Trinajstić information content (AvgIpc) is 2.86. The number of hydrogen-bond acceptors (Lipinski definition) is 2. The van der Waals surface area contributed by atoms with Crippen LogP contribution in [0.15, 0.2) is 18.2 Å². The van der Waals surface area contributed by atoms with Crippen molar-refractivity contribution in [3.8, 4) is 0 Å². The summed E-state index contributed by atoms with van der Waals surface area (Å²) >= 11 is 2.57. The van der Waals surface area contributed by atoms with Crippen LogP contribution in [0.5, 0.6) is 0 Å². The maximum atomic E-state index is 10.7. The first kappa shape index (κ1) is 38.6. The molecule has 1 aromatic carbocycles. The van der Waals surface area contributed by atoms with E-state index in [4.69, 9.17) is 13.0 Å². The average molecular weight is 691 g/mol. The van der Waals surface area contributed by atoms with E-state index in [9.17, 15) is 13.2 Å². The molecule has 39 heavy (non-hydrogen) atoms. The van der Waals surface area contributed by atoms with E-state index >= 15 is 0 Å². The normalized spacial score (nSPS) is 11.9. The zero-order valence-corrected chi connectivity index (χ0v) is 27.4. The highest BCUT2D eigenvalue weighted by atomic mass is 127. The minimum atomic E-state index is -5.84. The molecule has 230 valence electrons. The second-order valence-electron chi connectivity index (χ2n) is 10.7. The summed E-state index contributed by atoms with van der Waals surface area (Å²) in [5, 5.41) is 0. The second-order valence-corrected chi connectivity index (χ2v) is 13.2. The SMILES string of the molecule is CCCCCCCCCCCCc1cccc(I)c1CCCCCCCCCCCC.O=S(=O)(O)C(F)(F)F. The van der Waals surface area contributed by atoms with Crippen LogP contribution in [0.3, 0.4) is 0 Å². The molecule has 0 atom stereocenters. The lowest BCUT2D eigenvalue weighted by Crippen LogP contribution is -2.21. The lowest BCUT2D eigenvalue weighted by molar-refractivity contribution is -0.0510. The highest BCUT2D eigenvalue weighted by Gasteiger charge is 2.44. The molecule has 0 fully saturated rings. The molecular weight excluding hydrogens is 636 g/mol. The molecule has 0 amide bonds. The van der Waals surface area contributed by atoms with Crippen molar-refractivity contribution in [2.75, 3.05) is 0 Å². The monoisotopic (exact) mass is 690 g/mol. The maximum Gasteiger partial charge on any atom is 0.522 e. The van der Waals surface area contributed by atoms with E-state index in [0.29, 0.717) is 0 Å². The Morgan fingerprint density at radius 1 is 0.641 bits per heavy atom. The third-order valence-electron chi connectivity index (χ3n) is 7.09. The maximum absolute atomic E-state index is 10.7. The van der Waals surface area contributed by atoms with E-state index in [1.54, 1.807) is 11.1 Å². The van der Waals surface area contributed by atoms with Gasteiger partial charge in [0.1, 0.15) is 0 Å². The van der Waals surface area contributed by atoms with E-state index in [-0.39, 0.29) is 0 Å². The Balaban J connectivity index is 0.00000156. The molecule has 3 nitrogen and oxygen atoms in total. The zero-order valence-electron chi connectivity index (χ0n) is 24.5. The van der Waals surface area contributed by atoms with Gasteiger partial charge in [0, 0.05) is 3.57 Å². The van der Waals surface area contributed by atoms with E-state index in [0.717, 1.165) is 0 Å². The molecule has 1 N–H and O–H groups in total. The van der Waals surface area contributed by atoms with Gasteiger partial charge in [-0.25, -0.2) is 0 Å². The fraction of sp³-hybridized carbons (Fsp3) is 0.806. The first-order chi connectivity index (χ1) is 18.5. The van der Waals surface area contributed by atoms with Gasteiger partial charge in [-0.15, -0.1) is 0 Å². The van der Waals surface area contributed by atoms with E-state index in [1.807, 2.05) is 0 Å². The first-order valence-electron chi connectivity index (χ1n) is 15.3. The van der Waals surface area contributed by atoms with Gasteiger partial charge in [-0.1, -0.05) is 142 Å². The summed E-state index contributed by atoms with van der Waals surface area (Å²) in [6, 6.07) is 6.99. The molecule has 0 saturated heterocycles. The lowest BCUT2D eigenvalue weighted by Gasteiger charge is -2.12. The molecule has 0 bridgehead atoms. The van der Waals surface area contributed by atoms with Gasteiger partial charge in [-0.05, 0) is 65.5 Å². The molecule has 0 spiro atoms. The lowest BCUT2D eigenvalue weighted by atomic mass is 9.96. The Hall–Kier alpha value is -0.350. The number of halogens is 4. The van der Waals surface area contributed by atoms with Gasteiger partial charge < -0.3 is 0 Å². The predicted octanol–water partition coefficient (Wildman–Crippen LogP) is 11.6.